The lowest BCUT2D eigenvalue weighted by atomic mass is 9.71. The first-order valence-electron chi connectivity index (χ1n) is 21.1. The zero-order valence-electron chi connectivity index (χ0n) is 34.3. The normalized spacial score (nSPS) is 12.9. The van der Waals surface area contributed by atoms with Gasteiger partial charge in [0.1, 0.15) is 11.2 Å². The van der Waals surface area contributed by atoms with E-state index in [4.69, 9.17) is 0 Å². The molecule has 2 unspecified atom stereocenters. The van der Waals surface area contributed by atoms with Crippen molar-refractivity contribution in [1.82, 2.24) is 0 Å². The Kier molecular flexibility index (Phi) is 11.5. The summed E-state index contributed by atoms with van der Waals surface area (Å²) in [7, 11) is 0. The minimum atomic E-state index is -1.66. The molecule has 0 heterocycles. The highest BCUT2D eigenvalue weighted by molar-refractivity contribution is 6.04. The van der Waals surface area contributed by atoms with Crippen LogP contribution in [0.3, 0.4) is 0 Å². The van der Waals surface area contributed by atoms with E-state index in [1.807, 2.05) is 194 Å². The van der Waals surface area contributed by atoms with Crippen molar-refractivity contribution in [3.63, 3.8) is 0 Å². The molecule has 2 atom stereocenters. The van der Waals surface area contributed by atoms with Gasteiger partial charge in [0.25, 0.3) is 0 Å². The summed E-state index contributed by atoms with van der Waals surface area (Å²) in [5, 5.41) is 28.0. The molecule has 0 bridgehead atoms. The molecule has 0 aromatic heterocycles. The van der Waals surface area contributed by atoms with Crippen LogP contribution < -0.4 is 0 Å². The second-order valence-corrected chi connectivity index (χ2v) is 15.4. The van der Waals surface area contributed by atoms with E-state index in [0.29, 0.717) is 11.1 Å². The maximum Gasteiger partial charge on any atom is 0.141 e. The highest BCUT2D eigenvalue weighted by Crippen LogP contribution is 2.51. The Labute approximate surface area is 364 Å². The second-order valence-electron chi connectivity index (χ2n) is 15.4. The fourth-order valence-electron chi connectivity index (χ4n) is 8.83. The van der Waals surface area contributed by atoms with Crippen molar-refractivity contribution in [1.29, 1.82) is 0 Å². The first-order chi connectivity index (χ1) is 30.6. The first-order valence-corrected chi connectivity index (χ1v) is 21.1. The highest BCUT2D eigenvalue weighted by Gasteiger charge is 2.42. The third-order valence-corrected chi connectivity index (χ3v) is 11.7. The molecular weight excluding hydrogens is 753 g/mol. The summed E-state index contributed by atoms with van der Waals surface area (Å²) in [4.78, 5) is 0. The van der Waals surface area contributed by atoms with Gasteiger partial charge in [0.05, 0.1) is 0 Å². The minimum absolute atomic E-state index is 0.655. The number of hydrogen-bond acceptors (Lipinski definition) is 2. The Balaban J connectivity index is 1.36. The van der Waals surface area contributed by atoms with Crippen molar-refractivity contribution in [3.05, 3.63) is 323 Å². The van der Waals surface area contributed by atoms with E-state index in [-0.39, 0.29) is 0 Å². The van der Waals surface area contributed by atoms with Crippen LogP contribution in [-0.4, -0.2) is 10.2 Å². The number of rotatable bonds is 12. The van der Waals surface area contributed by atoms with Gasteiger partial charge in [-0.3, -0.25) is 0 Å². The molecule has 2 N–H and O–H groups in total. The molecule has 2 heteroatoms. The van der Waals surface area contributed by atoms with Gasteiger partial charge in [-0.05, 0) is 66.8 Å². The van der Waals surface area contributed by atoms with Crippen LogP contribution >= 0.6 is 0 Å². The maximum absolute atomic E-state index is 14.0. The van der Waals surface area contributed by atoms with Crippen LogP contribution in [0.25, 0.3) is 22.3 Å². The smallest absolute Gasteiger partial charge is 0.141 e. The Morgan fingerprint density at radius 1 is 0.210 bits per heavy atom. The van der Waals surface area contributed by atoms with Crippen LogP contribution in [0.1, 0.15) is 55.6 Å². The molecule has 9 aromatic rings. The SMILES string of the molecule is OC(C(=C(c1ccccc1)c1ccccc1)c1ccccc1)(c1ccccc1)c1ccc(C(O)(C(=C(c2ccccc2)c2ccccc2)c2ccccc2)c2ccccc2)cc1. The van der Waals surface area contributed by atoms with Crippen molar-refractivity contribution in [3.8, 4) is 0 Å². The summed E-state index contributed by atoms with van der Waals surface area (Å²) in [6, 6.07) is 89.4. The molecule has 0 amide bonds. The van der Waals surface area contributed by atoms with E-state index in [0.717, 1.165) is 66.8 Å². The van der Waals surface area contributed by atoms with Crippen molar-refractivity contribution in [2.24, 2.45) is 0 Å². The molecule has 0 spiro atoms. The van der Waals surface area contributed by atoms with Crippen molar-refractivity contribution < 1.29 is 10.2 Å². The van der Waals surface area contributed by atoms with Crippen LogP contribution in [0.4, 0.5) is 0 Å². The lowest BCUT2D eigenvalue weighted by Crippen LogP contribution is -2.32. The average Bonchev–Trinajstić information content (AvgIpc) is 3.36. The Morgan fingerprint density at radius 2 is 0.387 bits per heavy atom. The van der Waals surface area contributed by atoms with E-state index in [1.54, 1.807) is 0 Å². The molecule has 9 rings (SSSR count). The molecular formula is C60H46O2. The summed E-state index contributed by atoms with van der Waals surface area (Å²) in [5.41, 5.74) is 8.43. The predicted octanol–water partition coefficient (Wildman–Crippen LogP) is 13.5. The van der Waals surface area contributed by atoms with Gasteiger partial charge in [-0.15, -0.1) is 0 Å². The van der Waals surface area contributed by atoms with E-state index < -0.39 is 11.2 Å². The lowest BCUT2D eigenvalue weighted by Gasteiger charge is -2.37. The Hall–Kier alpha value is -7.62. The van der Waals surface area contributed by atoms with Crippen LogP contribution in [0.5, 0.6) is 0 Å². The number of hydrogen-bond donors (Lipinski definition) is 2. The molecule has 9 aromatic carbocycles. The molecule has 0 saturated carbocycles. The second kappa shape index (κ2) is 17.9. The van der Waals surface area contributed by atoms with E-state index >= 15 is 0 Å². The van der Waals surface area contributed by atoms with E-state index in [1.165, 1.54) is 0 Å². The van der Waals surface area contributed by atoms with Crippen molar-refractivity contribution >= 4 is 22.3 Å². The third-order valence-electron chi connectivity index (χ3n) is 11.7. The van der Waals surface area contributed by atoms with Gasteiger partial charge in [0.2, 0.25) is 0 Å². The van der Waals surface area contributed by atoms with Crippen molar-refractivity contribution in [2.75, 3.05) is 0 Å². The van der Waals surface area contributed by atoms with Crippen LogP contribution in [0, 0.1) is 0 Å². The monoisotopic (exact) mass is 798 g/mol. The number of aliphatic hydroxyl groups is 2. The number of benzene rings is 9. The Bertz CT molecular complexity index is 2610. The van der Waals surface area contributed by atoms with Gasteiger partial charge in [-0.25, -0.2) is 0 Å². The maximum atomic E-state index is 14.0. The molecule has 298 valence electrons. The van der Waals surface area contributed by atoms with E-state index in [9.17, 15) is 10.2 Å². The van der Waals surface area contributed by atoms with Gasteiger partial charge in [0, 0.05) is 11.1 Å². The van der Waals surface area contributed by atoms with Crippen molar-refractivity contribution in [2.45, 2.75) is 11.2 Å². The van der Waals surface area contributed by atoms with Gasteiger partial charge in [-0.2, -0.15) is 0 Å². The van der Waals surface area contributed by atoms with Gasteiger partial charge < -0.3 is 10.2 Å². The quantitative estimate of drug-likeness (QED) is 0.121. The summed E-state index contributed by atoms with van der Waals surface area (Å²) >= 11 is 0. The average molecular weight is 799 g/mol. The van der Waals surface area contributed by atoms with Gasteiger partial charge >= 0.3 is 0 Å². The van der Waals surface area contributed by atoms with Crippen LogP contribution in [0.2, 0.25) is 0 Å². The fourth-order valence-corrected chi connectivity index (χ4v) is 8.83. The summed E-state index contributed by atoms with van der Waals surface area (Å²) in [6.07, 6.45) is 0. The molecule has 0 radical (unpaired) electrons. The van der Waals surface area contributed by atoms with Gasteiger partial charge in [0.15, 0.2) is 0 Å². The molecule has 0 fully saturated rings. The summed E-state index contributed by atoms with van der Waals surface area (Å²) in [5.74, 6) is 0. The molecule has 62 heavy (non-hydrogen) atoms. The third kappa shape index (κ3) is 7.66. The molecule has 0 aliphatic rings. The van der Waals surface area contributed by atoms with Crippen LogP contribution in [-0.2, 0) is 11.2 Å². The largest absolute Gasteiger partial charge is 0.376 e. The first kappa shape index (κ1) is 39.8. The lowest BCUT2D eigenvalue weighted by molar-refractivity contribution is 0.142. The minimum Gasteiger partial charge on any atom is -0.376 e. The molecule has 0 aliphatic heterocycles. The molecule has 2 nitrogen and oxygen atoms in total. The van der Waals surface area contributed by atoms with Crippen LogP contribution in [0.15, 0.2) is 267 Å². The highest BCUT2D eigenvalue weighted by atomic mass is 16.3. The molecule has 0 saturated heterocycles. The fraction of sp³-hybridized carbons (Fsp3) is 0.0333. The standard InChI is InChI=1S/C60H46O2/c61-59(51-37-21-7-22-38-51,57(49-33-17-5-18-34-49)55(45-25-9-1-10-26-45)46-27-11-2-12-28-46)53-41-43-54(44-42-53)60(62,52-39-23-8-24-40-52)58(50-35-19-6-20-36-50)56(47-29-13-3-14-30-47)48-31-15-4-16-32-48/h1-44,61-62H. The van der Waals surface area contributed by atoms with E-state index in [2.05, 4.69) is 72.8 Å². The summed E-state index contributed by atoms with van der Waals surface area (Å²) < 4.78 is 0. The predicted molar refractivity (Wildman–Crippen MR) is 256 cm³/mol. The Morgan fingerprint density at radius 3 is 0.613 bits per heavy atom. The van der Waals surface area contributed by atoms with Gasteiger partial charge in [-0.1, -0.05) is 267 Å². The zero-order chi connectivity index (χ0) is 42.2. The zero-order valence-corrected chi connectivity index (χ0v) is 34.3. The molecule has 0 aliphatic carbocycles. The topological polar surface area (TPSA) is 40.5 Å². The summed E-state index contributed by atoms with van der Waals surface area (Å²) in [6.45, 7) is 0.